The molecule has 1 saturated carbocycles. The van der Waals surface area contributed by atoms with E-state index in [2.05, 4.69) is 5.32 Å². The number of ether oxygens (including phenoxy) is 3. The average molecular weight is 300 g/mol. The van der Waals surface area contributed by atoms with Crippen molar-refractivity contribution in [3.8, 4) is 11.5 Å². The van der Waals surface area contributed by atoms with Crippen molar-refractivity contribution in [2.24, 2.45) is 0 Å². The third-order valence-corrected chi connectivity index (χ3v) is 4.06. The summed E-state index contributed by atoms with van der Waals surface area (Å²) in [6.45, 7) is 3.55. The SMILES string of the molecule is CCOC1CC(NCc2ccc(OC)c(OC)c2Cl)C1. The molecule has 2 rings (SSSR count). The van der Waals surface area contributed by atoms with Gasteiger partial charge in [-0.3, -0.25) is 0 Å². The van der Waals surface area contributed by atoms with Crippen molar-refractivity contribution in [2.45, 2.75) is 38.5 Å². The number of hydrogen-bond acceptors (Lipinski definition) is 4. The van der Waals surface area contributed by atoms with E-state index >= 15 is 0 Å². The van der Waals surface area contributed by atoms with Gasteiger partial charge in [0.1, 0.15) is 0 Å². The van der Waals surface area contributed by atoms with Crippen molar-refractivity contribution in [2.75, 3.05) is 20.8 Å². The second-order valence-electron chi connectivity index (χ2n) is 4.90. The third-order valence-electron chi connectivity index (χ3n) is 3.64. The van der Waals surface area contributed by atoms with Crippen LogP contribution < -0.4 is 14.8 Å². The van der Waals surface area contributed by atoms with Crippen molar-refractivity contribution in [3.63, 3.8) is 0 Å². The van der Waals surface area contributed by atoms with E-state index < -0.39 is 0 Å². The Morgan fingerprint density at radius 1 is 1.25 bits per heavy atom. The highest BCUT2D eigenvalue weighted by Gasteiger charge is 2.29. The Bertz CT molecular complexity index is 447. The first-order chi connectivity index (χ1) is 9.69. The van der Waals surface area contributed by atoms with Gasteiger partial charge in [-0.25, -0.2) is 0 Å². The maximum absolute atomic E-state index is 6.35. The van der Waals surface area contributed by atoms with Crippen LogP contribution in [0.15, 0.2) is 12.1 Å². The summed E-state index contributed by atoms with van der Waals surface area (Å²) >= 11 is 6.35. The summed E-state index contributed by atoms with van der Waals surface area (Å²) in [5.41, 5.74) is 1.02. The van der Waals surface area contributed by atoms with Gasteiger partial charge in [0, 0.05) is 19.2 Å². The Morgan fingerprint density at radius 2 is 2.00 bits per heavy atom. The number of halogens is 1. The van der Waals surface area contributed by atoms with Crippen molar-refractivity contribution < 1.29 is 14.2 Å². The van der Waals surface area contributed by atoms with Gasteiger partial charge in [-0.1, -0.05) is 17.7 Å². The zero-order chi connectivity index (χ0) is 14.5. The standard InChI is InChI=1S/C15H22ClNO3/c1-4-20-12-7-11(8-12)17-9-10-5-6-13(18-2)15(19-3)14(10)16/h5-6,11-12,17H,4,7-9H2,1-3H3. The number of benzene rings is 1. The molecule has 0 aromatic heterocycles. The highest BCUT2D eigenvalue weighted by molar-refractivity contribution is 6.33. The molecular weight excluding hydrogens is 278 g/mol. The molecule has 1 aromatic rings. The van der Waals surface area contributed by atoms with Gasteiger partial charge in [0.05, 0.1) is 25.3 Å². The maximum Gasteiger partial charge on any atom is 0.179 e. The van der Waals surface area contributed by atoms with Crippen molar-refractivity contribution in [3.05, 3.63) is 22.7 Å². The summed E-state index contributed by atoms with van der Waals surface area (Å²) in [6.07, 6.45) is 2.55. The fourth-order valence-corrected chi connectivity index (χ4v) is 2.73. The molecule has 0 spiro atoms. The van der Waals surface area contributed by atoms with Gasteiger partial charge in [-0.05, 0) is 31.4 Å². The summed E-state index contributed by atoms with van der Waals surface area (Å²) in [5, 5.41) is 4.10. The Morgan fingerprint density at radius 3 is 2.60 bits per heavy atom. The lowest BCUT2D eigenvalue weighted by molar-refractivity contribution is -0.0102. The van der Waals surface area contributed by atoms with Crippen molar-refractivity contribution in [1.82, 2.24) is 5.32 Å². The Hall–Kier alpha value is -0.970. The largest absolute Gasteiger partial charge is 0.493 e. The molecule has 0 aliphatic heterocycles. The van der Waals surface area contributed by atoms with E-state index in [0.717, 1.165) is 31.6 Å². The number of rotatable bonds is 7. The number of methoxy groups -OCH3 is 2. The molecule has 1 fully saturated rings. The number of nitrogens with one attached hydrogen (secondary N) is 1. The maximum atomic E-state index is 6.35. The fourth-order valence-electron chi connectivity index (χ4n) is 2.42. The molecule has 1 aromatic carbocycles. The lowest BCUT2D eigenvalue weighted by atomic mass is 9.89. The lowest BCUT2D eigenvalue weighted by Gasteiger charge is -2.35. The van der Waals surface area contributed by atoms with Crippen LogP contribution in [-0.4, -0.2) is 33.0 Å². The minimum atomic E-state index is 0.415. The van der Waals surface area contributed by atoms with E-state index in [1.54, 1.807) is 14.2 Å². The normalized spacial score (nSPS) is 21.4. The van der Waals surface area contributed by atoms with E-state index in [9.17, 15) is 0 Å². The highest BCUT2D eigenvalue weighted by Crippen LogP contribution is 2.37. The third kappa shape index (κ3) is 3.37. The quantitative estimate of drug-likeness (QED) is 0.840. The van der Waals surface area contributed by atoms with Crippen LogP contribution in [-0.2, 0) is 11.3 Å². The summed E-state index contributed by atoms with van der Waals surface area (Å²) < 4.78 is 16.1. The minimum absolute atomic E-state index is 0.415. The van der Waals surface area contributed by atoms with Crippen molar-refractivity contribution >= 4 is 11.6 Å². The molecule has 0 amide bonds. The van der Waals surface area contributed by atoms with Gasteiger partial charge in [0.25, 0.3) is 0 Å². The summed E-state index contributed by atoms with van der Waals surface area (Å²) in [4.78, 5) is 0. The van der Waals surface area contributed by atoms with Crippen molar-refractivity contribution in [1.29, 1.82) is 0 Å². The highest BCUT2D eigenvalue weighted by atomic mass is 35.5. The molecule has 5 heteroatoms. The van der Waals surface area contributed by atoms with Crippen LogP contribution in [0.1, 0.15) is 25.3 Å². The molecule has 1 N–H and O–H groups in total. The second kappa shape index (κ2) is 7.16. The second-order valence-corrected chi connectivity index (χ2v) is 5.28. The molecule has 0 bridgehead atoms. The Balaban J connectivity index is 1.91. The minimum Gasteiger partial charge on any atom is -0.493 e. The molecule has 0 unspecified atom stereocenters. The van der Waals surface area contributed by atoms with E-state index in [4.69, 9.17) is 25.8 Å². The summed E-state index contributed by atoms with van der Waals surface area (Å²) in [6, 6.07) is 4.36. The van der Waals surface area contributed by atoms with Crippen LogP contribution in [0, 0.1) is 0 Å². The monoisotopic (exact) mass is 299 g/mol. The molecule has 20 heavy (non-hydrogen) atoms. The van der Waals surface area contributed by atoms with Gasteiger partial charge in [-0.2, -0.15) is 0 Å². The van der Waals surface area contributed by atoms with Crippen LogP contribution in [0.2, 0.25) is 5.02 Å². The smallest absolute Gasteiger partial charge is 0.179 e. The molecule has 1 aliphatic carbocycles. The van der Waals surface area contributed by atoms with E-state index in [0.29, 0.717) is 28.7 Å². The molecule has 0 atom stereocenters. The molecule has 112 valence electrons. The molecule has 0 saturated heterocycles. The Kier molecular flexibility index (Phi) is 5.52. The average Bonchev–Trinajstić information content (AvgIpc) is 2.42. The van der Waals surface area contributed by atoms with Crippen LogP contribution in [0.3, 0.4) is 0 Å². The molecule has 1 aliphatic rings. The summed E-state index contributed by atoms with van der Waals surface area (Å²) in [5.74, 6) is 1.25. The summed E-state index contributed by atoms with van der Waals surface area (Å²) in [7, 11) is 3.20. The van der Waals surface area contributed by atoms with Gasteiger partial charge < -0.3 is 19.5 Å². The van der Waals surface area contributed by atoms with Gasteiger partial charge in [0.2, 0.25) is 0 Å². The van der Waals surface area contributed by atoms with E-state index in [1.165, 1.54) is 0 Å². The first-order valence-corrected chi connectivity index (χ1v) is 7.31. The predicted molar refractivity (Wildman–Crippen MR) is 79.8 cm³/mol. The predicted octanol–water partition coefficient (Wildman–Crippen LogP) is 3.01. The van der Waals surface area contributed by atoms with Crippen LogP contribution in [0.4, 0.5) is 0 Å². The molecule has 0 heterocycles. The van der Waals surface area contributed by atoms with Gasteiger partial charge in [-0.15, -0.1) is 0 Å². The zero-order valence-electron chi connectivity index (χ0n) is 12.2. The molecule has 4 nitrogen and oxygen atoms in total. The fraction of sp³-hybridized carbons (Fsp3) is 0.600. The van der Waals surface area contributed by atoms with Gasteiger partial charge in [0.15, 0.2) is 11.5 Å². The first-order valence-electron chi connectivity index (χ1n) is 6.93. The number of hydrogen-bond donors (Lipinski definition) is 1. The first kappa shape index (κ1) is 15.4. The van der Waals surface area contributed by atoms with Crippen LogP contribution >= 0.6 is 11.6 Å². The molecule has 0 radical (unpaired) electrons. The van der Waals surface area contributed by atoms with E-state index in [1.807, 2.05) is 19.1 Å². The molecular formula is C15H22ClNO3. The van der Waals surface area contributed by atoms with E-state index in [-0.39, 0.29) is 0 Å². The topological polar surface area (TPSA) is 39.7 Å². The van der Waals surface area contributed by atoms with Crippen LogP contribution in [0.25, 0.3) is 0 Å². The lowest BCUT2D eigenvalue weighted by Crippen LogP contribution is -2.45. The van der Waals surface area contributed by atoms with Gasteiger partial charge >= 0.3 is 0 Å². The van der Waals surface area contributed by atoms with Crippen LogP contribution in [0.5, 0.6) is 11.5 Å². The Labute approximate surface area is 125 Å². The zero-order valence-corrected chi connectivity index (χ0v) is 13.0.